The number of rotatable bonds is 1. The van der Waals surface area contributed by atoms with Crippen LogP contribution in [0.4, 0.5) is 0 Å². The molecule has 0 aromatic carbocycles. The van der Waals surface area contributed by atoms with Gasteiger partial charge in [-0.15, -0.1) is 11.3 Å². The second-order valence-corrected chi connectivity index (χ2v) is 3.24. The lowest BCUT2D eigenvalue weighted by atomic mass is 10.4. The first kappa shape index (κ1) is 6.78. The van der Waals surface area contributed by atoms with Gasteiger partial charge in [-0.25, -0.2) is 0 Å². The topological polar surface area (TPSA) is 17.1 Å². The summed E-state index contributed by atoms with van der Waals surface area (Å²) >= 11 is 6.79. The molecule has 0 atom stereocenters. The average molecular weight is 160 g/mol. The molecule has 47 valence electrons. The maximum Gasteiger partial charge on any atom is 0.173 e. The van der Waals surface area contributed by atoms with Gasteiger partial charge >= 0.3 is 0 Å². The molecule has 0 aliphatic heterocycles. The number of hydrogen-bond acceptors (Lipinski definition) is 2. The van der Waals surface area contributed by atoms with Crippen molar-refractivity contribution in [2.75, 3.05) is 0 Å². The SMILES string of the molecule is [CH2]C(=O)c1ccc(Cl)s1. The number of carbonyl (C=O) groups is 1. The molecular weight excluding hydrogens is 156 g/mol. The predicted molar refractivity (Wildman–Crippen MR) is 39.0 cm³/mol. The minimum Gasteiger partial charge on any atom is -0.293 e. The van der Waals surface area contributed by atoms with E-state index in [0.29, 0.717) is 9.21 Å². The van der Waals surface area contributed by atoms with Gasteiger partial charge in [0.15, 0.2) is 5.78 Å². The average Bonchev–Trinajstić information content (AvgIpc) is 2.14. The van der Waals surface area contributed by atoms with Crippen LogP contribution >= 0.6 is 22.9 Å². The highest BCUT2D eigenvalue weighted by Crippen LogP contribution is 2.21. The number of Topliss-reactive ketones (excluding diaryl/α,β-unsaturated/α-hetero) is 1. The minimum atomic E-state index is -0.174. The molecule has 0 amide bonds. The molecule has 1 rings (SSSR count). The van der Waals surface area contributed by atoms with Crippen molar-refractivity contribution >= 4 is 28.7 Å². The summed E-state index contributed by atoms with van der Waals surface area (Å²) in [6.07, 6.45) is 0. The highest BCUT2D eigenvalue weighted by Gasteiger charge is 2.00. The number of ketones is 1. The summed E-state index contributed by atoms with van der Waals surface area (Å²) in [6.45, 7) is 3.23. The Balaban J connectivity index is 2.98. The van der Waals surface area contributed by atoms with Crippen molar-refractivity contribution in [3.63, 3.8) is 0 Å². The van der Waals surface area contributed by atoms with Crippen LogP contribution in [0, 0.1) is 6.92 Å². The first-order valence-corrected chi connectivity index (χ1v) is 3.51. The molecule has 0 unspecified atom stereocenters. The standard InChI is InChI=1S/C6H4ClOS/c1-4(8)5-2-3-6(7)9-5/h2-3H,1H2. The van der Waals surface area contributed by atoms with Crippen LogP contribution in [0.3, 0.4) is 0 Å². The molecule has 0 fully saturated rings. The zero-order valence-electron chi connectivity index (χ0n) is 4.56. The molecule has 0 aliphatic carbocycles. The van der Waals surface area contributed by atoms with Crippen molar-refractivity contribution in [2.45, 2.75) is 0 Å². The maximum atomic E-state index is 10.5. The Morgan fingerprint density at radius 1 is 1.67 bits per heavy atom. The third-order valence-electron chi connectivity index (χ3n) is 0.848. The van der Waals surface area contributed by atoms with Crippen LogP contribution < -0.4 is 0 Å². The molecule has 0 saturated heterocycles. The van der Waals surface area contributed by atoms with Crippen LogP contribution in [0.5, 0.6) is 0 Å². The van der Waals surface area contributed by atoms with Crippen molar-refractivity contribution < 1.29 is 4.79 Å². The number of carbonyl (C=O) groups excluding carboxylic acids is 1. The van der Waals surface area contributed by atoms with Gasteiger partial charge in [0.25, 0.3) is 0 Å². The summed E-state index contributed by atoms with van der Waals surface area (Å²) < 4.78 is 0.627. The molecule has 1 nitrogen and oxygen atoms in total. The van der Waals surface area contributed by atoms with E-state index in [0.717, 1.165) is 0 Å². The fraction of sp³-hybridized carbons (Fsp3) is 0. The molecule has 0 aliphatic rings. The normalized spacial score (nSPS) is 9.56. The first-order valence-electron chi connectivity index (χ1n) is 2.32. The molecule has 9 heavy (non-hydrogen) atoms. The van der Waals surface area contributed by atoms with Gasteiger partial charge < -0.3 is 0 Å². The minimum absolute atomic E-state index is 0.174. The third-order valence-corrected chi connectivity index (χ3v) is 2.12. The lowest BCUT2D eigenvalue weighted by Gasteiger charge is -1.80. The van der Waals surface area contributed by atoms with E-state index in [-0.39, 0.29) is 5.78 Å². The summed E-state index contributed by atoms with van der Waals surface area (Å²) in [5, 5.41) is 0. The van der Waals surface area contributed by atoms with Gasteiger partial charge in [0.1, 0.15) is 0 Å². The molecule has 1 heterocycles. The molecular formula is C6H4ClOS. The summed E-state index contributed by atoms with van der Waals surface area (Å²) in [5.74, 6) is -0.174. The molecule has 0 bridgehead atoms. The van der Waals surface area contributed by atoms with E-state index in [1.807, 2.05) is 0 Å². The number of hydrogen-bond donors (Lipinski definition) is 0. The van der Waals surface area contributed by atoms with E-state index >= 15 is 0 Å². The van der Waals surface area contributed by atoms with E-state index < -0.39 is 0 Å². The monoisotopic (exact) mass is 159 g/mol. The lowest BCUT2D eigenvalue weighted by Crippen LogP contribution is -1.83. The van der Waals surface area contributed by atoms with E-state index in [1.54, 1.807) is 12.1 Å². The van der Waals surface area contributed by atoms with E-state index in [2.05, 4.69) is 6.92 Å². The summed E-state index contributed by atoms with van der Waals surface area (Å²) in [7, 11) is 0. The first-order chi connectivity index (χ1) is 4.20. The van der Waals surface area contributed by atoms with E-state index in [4.69, 9.17) is 11.6 Å². The second-order valence-electron chi connectivity index (χ2n) is 1.53. The summed E-state index contributed by atoms with van der Waals surface area (Å²) in [5.41, 5.74) is 0. The third kappa shape index (κ3) is 1.53. The zero-order chi connectivity index (χ0) is 6.85. The lowest BCUT2D eigenvalue weighted by molar-refractivity contribution is 0.104. The molecule has 1 aromatic rings. The predicted octanol–water partition coefficient (Wildman–Crippen LogP) is 2.42. The van der Waals surface area contributed by atoms with Crippen molar-refractivity contribution in [3.8, 4) is 0 Å². The van der Waals surface area contributed by atoms with Gasteiger partial charge in [-0.1, -0.05) is 11.6 Å². The Kier molecular flexibility index (Phi) is 1.88. The molecule has 1 aromatic heterocycles. The quantitative estimate of drug-likeness (QED) is 0.576. The van der Waals surface area contributed by atoms with Crippen molar-refractivity contribution in [1.82, 2.24) is 0 Å². The molecule has 1 radical (unpaired) electrons. The van der Waals surface area contributed by atoms with Crippen LogP contribution in [0.2, 0.25) is 4.34 Å². The number of halogens is 1. The van der Waals surface area contributed by atoms with Gasteiger partial charge in [-0.2, -0.15) is 0 Å². The Bertz CT molecular complexity index is 229. The summed E-state index contributed by atoms with van der Waals surface area (Å²) in [6, 6.07) is 3.35. The van der Waals surface area contributed by atoms with Crippen molar-refractivity contribution in [3.05, 3.63) is 28.3 Å². The molecule has 3 heteroatoms. The Labute approximate surface area is 62.3 Å². The fourth-order valence-corrected chi connectivity index (χ4v) is 1.37. The Hall–Kier alpha value is -0.340. The van der Waals surface area contributed by atoms with Gasteiger partial charge in [0.05, 0.1) is 9.21 Å². The summed E-state index contributed by atoms with van der Waals surface area (Å²) in [4.78, 5) is 11.1. The Morgan fingerprint density at radius 2 is 2.33 bits per heavy atom. The van der Waals surface area contributed by atoms with Gasteiger partial charge in [0.2, 0.25) is 0 Å². The van der Waals surface area contributed by atoms with E-state index in [1.165, 1.54) is 11.3 Å². The number of thiophene rings is 1. The van der Waals surface area contributed by atoms with Gasteiger partial charge in [-0.3, -0.25) is 4.79 Å². The van der Waals surface area contributed by atoms with Crippen LogP contribution in [-0.2, 0) is 0 Å². The molecule has 0 N–H and O–H groups in total. The maximum absolute atomic E-state index is 10.5. The second kappa shape index (κ2) is 2.50. The highest BCUT2D eigenvalue weighted by molar-refractivity contribution is 7.18. The zero-order valence-corrected chi connectivity index (χ0v) is 6.13. The van der Waals surface area contributed by atoms with Crippen LogP contribution in [0.15, 0.2) is 12.1 Å². The highest BCUT2D eigenvalue weighted by atomic mass is 35.5. The smallest absolute Gasteiger partial charge is 0.173 e. The van der Waals surface area contributed by atoms with Gasteiger partial charge in [-0.05, 0) is 12.1 Å². The van der Waals surface area contributed by atoms with Crippen LogP contribution in [0.25, 0.3) is 0 Å². The fourth-order valence-electron chi connectivity index (χ4n) is 0.464. The Morgan fingerprint density at radius 3 is 2.56 bits per heavy atom. The van der Waals surface area contributed by atoms with E-state index in [9.17, 15) is 4.79 Å². The molecule has 0 spiro atoms. The van der Waals surface area contributed by atoms with Crippen LogP contribution in [-0.4, -0.2) is 5.78 Å². The largest absolute Gasteiger partial charge is 0.293 e. The van der Waals surface area contributed by atoms with Crippen molar-refractivity contribution in [1.29, 1.82) is 0 Å². The van der Waals surface area contributed by atoms with Crippen LogP contribution in [0.1, 0.15) is 9.67 Å². The molecule has 0 saturated carbocycles. The van der Waals surface area contributed by atoms with Crippen molar-refractivity contribution in [2.24, 2.45) is 0 Å². The van der Waals surface area contributed by atoms with Gasteiger partial charge in [0, 0.05) is 6.92 Å².